The van der Waals surface area contributed by atoms with E-state index in [1.165, 1.54) is 24.1 Å². The van der Waals surface area contributed by atoms with Gasteiger partial charge < -0.3 is 14.7 Å². The number of guanidine groups is 1. The average molecular weight is 500 g/mol. The molecule has 1 unspecified atom stereocenters. The molecule has 8 nitrogen and oxygen atoms in total. The van der Waals surface area contributed by atoms with Crippen LogP contribution in [-0.4, -0.2) is 45.6 Å². The second kappa shape index (κ2) is 8.66. The van der Waals surface area contributed by atoms with Gasteiger partial charge >= 0.3 is 10.1 Å². The van der Waals surface area contributed by atoms with Crippen LogP contribution in [0.1, 0.15) is 11.1 Å². The Kier molecular flexibility index (Phi) is 6.01. The first-order chi connectivity index (χ1) is 16.0. The predicted octanol–water partition coefficient (Wildman–Crippen LogP) is 3.38. The number of aliphatic imine (C=N–C) groups is 1. The zero-order valence-electron chi connectivity index (χ0n) is 18.7. The molecule has 1 atom stereocenters. The molecule has 10 heteroatoms. The molecule has 176 valence electrons. The number of rotatable bonds is 6. The van der Waals surface area contributed by atoms with Crippen LogP contribution in [0.4, 0.5) is 0 Å². The van der Waals surface area contributed by atoms with Crippen LogP contribution in [-0.2, 0) is 20.5 Å². The molecule has 1 heterocycles. The van der Waals surface area contributed by atoms with Crippen molar-refractivity contribution >= 4 is 33.6 Å². The second-order valence-electron chi connectivity index (χ2n) is 7.79. The summed E-state index contributed by atoms with van der Waals surface area (Å²) in [6.45, 7) is 0. The first-order valence-electron chi connectivity index (χ1n) is 10.1. The standard InChI is InChI=1S/C24H22ClN3O5S/c1-28-22(29)24(27-23(28)26,16-8-10-19(11-9-16)33-34(3,30)31)17-12-15(13-18(25)14-17)20-6-4-5-7-21(20)32-2/h4-14H,1-3H3,(H2,26,27). The summed E-state index contributed by atoms with van der Waals surface area (Å²) in [5.41, 5.74) is 7.02. The first kappa shape index (κ1) is 23.6. The Morgan fingerprint density at radius 1 is 1.03 bits per heavy atom. The number of hydrogen-bond acceptors (Lipinski definition) is 7. The molecular weight excluding hydrogens is 478 g/mol. The quantitative estimate of drug-likeness (QED) is 0.520. The number of likely N-dealkylation sites (N-methyl/N-ethyl adjacent to an activating group) is 1. The van der Waals surface area contributed by atoms with E-state index in [2.05, 4.69) is 4.99 Å². The molecule has 2 N–H and O–H groups in total. The lowest BCUT2D eigenvalue weighted by Gasteiger charge is -2.27. The number of ether oxygens (including phenoxy) is 1. The van der Waals surface area contributed by atoms with Crippen molar-refractivity contribution in [1.29, 1.82) is 0 Å². The summed E-state index contributed by atoms with van der Waals surface area (Å²) in [5, 5.41) is 0.394. The molecule has 1 aliphatic rings. The third-order valence-corrected chi connectivity index (χ3v) is 6.21. The third kappa shape index (κ3) is 4.20. The smallest absolute Gasteiger partial charge is 0.306 e. The van der Waals surface area contributed by atoms with Crippen molar-refractivity contribution in [2.75, 3.05) is 20.4 Å². The normalized spacial score (nSPS) is 18.1. The van der Waals surface area contributed by atoms with Gasteiger partial charge in [0.15, 0.2) is 11.5 Å². The van der Waals surface area contributed by atoms with Crippen LogP contribution in [0.25, 0.3) is 11.1 Å². The van der Waals surface area contributed by atoms with Crippen LogP contribution in [0.15, 0.2) is 71.7 Å². The number of carbonyl (C=O) groups excluding carboxylic acids is 1. The lowest BCUT2D eigenvalue weighted by atomic mass is 9.81. The van der Waals surface area contributed by atoms with Gasteiger partial charge in [-0.15, -0.1) is 0 Å². The van der Waals surface area contributed by atoms with Crippen molar-refractivity contribution in [3.63, 3.8) is 0 Å². The maximum Gasteiger partial charge on any atom is 0.306 e. The van der Waals surface area contributed by atoms with E-state index in [4.69, 9.17) is 26.3 Å². The monoisotopic (exact) mass is 499 g/mol. The second-order valence-corrected chi connectivity index (χ2v) is 9.80. The van der Waals surface area contributed by atoms with Crippen LogP contribution < -0.4 is 14.7 Å². The van der Waals surface area contributed by atoms with Crippen molar-refractivity contribution in [2.45, 2.75) is 5.54 Å². The van der Waals surface area contributed by atoms with Crippen molar-refractivity contribution in [3.05, 3.63) is 82.9 Å². The SMILES string of the molecule is COc1ccccc1-c1cc(Cl)cc(C2(c3ccc(OS(C)(=O)=O)cc3)N=C(N)N(C)C2=O)c1. The van der Waals surface area contributed by atoms with Gasteiger partial charge in [0.2, 0.25) is 0 Å². The highest BCUT2D eigenvalue weighted by Crippen LogP contribution is 2.43. The summed E-state index contributed by atoms with van der Waals surface area (Å²) in [6.07, 6.45) is 0.953. The fraction of sp³-hybridized carbons (Fsp3) is 0.167. The minimum atomic E-state index is -3.71. The summed E-state index contributed by atoms with van der Waals surface area (Å²) in [7, 11) is -0.592. The molecule has 0 bridgehead atoms. The van der Waals surface area contributed by atoms with Gasteiger partial charge in [-0.2, -0.15) is 8.42 Å². The predicted molar refractivity (Wildman–Crippen MR) is 131 cm³/mol. The Hall–Kier alpha value is -3.56. The molecule has 0 saturated carbocycles. The maximum absolute atomic E-state index is 13.6. The Bertz CT molecular complexity index is 1410. The third-order valence-electron chi connectivity index (χ3n) is 5.49. The van der Waals surface area contributed by atoms with Crippen molar-refractivity contribution < 1.29 is 22.1 Å². The Morgan fingerprint density at radius 3 is 2.29 bits per heavy atom. The summed E-state index contributed by atoms with van der Waals surface area (Å²) < 4.78 is 33.4. The van der Waals surface area contributed by atoms with E-state index in [1.807, 2.05) is 30.3 Å². The summed E-state index contributed by atoms with van der Waals surface area (Å²) in [5.74, 6) is 0.415. The Balaban J connectivity index is 1.92. The highest BCUT2D eigenvalue weighted by Gasteiger charge is 2.49. The number of amides is 1. The fourth-order valence-corrected chi connectivity index (χ4v) is 4.64. The molecule has 0 fully saturated rings. The van der Waals surface area contributed by atoms with Crippen LogP contribution >= 0.6 is 11.6 Å². The Labute approximate surface area is 202 Å². The summed E-state index contributed by atoms with van der Waals surface area (Å²) in [6, 6.07) is 18.8. The summed E-state index contributed by atoms with van der Waals surface area (Å²) in [4.78, 5) is 19.4. The van der Waals surface area contributed by atoms with Crippen molar-refractivity contribution in [3.8, 4) is 22.6 Å². The van der Waals surface area contributed by atoms with Crippen molar-refractivity contribution in [2.24, 2.45) is 10.7 Å². The molecule has 0 aromatic heterocycles. The van der Waals surface area contributed by atoms with E-state index in [1.54, 1.807) is 31.4 Å². The molecule has 0 aliphatic carbocycles. The molecule has 0 spiro atoms. The van der Waals surface area contributed by atoms with E-state index < -0.39 is 15.7 Å². The van der Waals surface area contributed by atoms with Gasteiger partial charge in [-0.05, 0) is 53.1 Å². The number of benzene rings is 3. The van der Waals surface area contributed by atoms with Gasteiger partial charge in [0.05, 0.1) is 13.4 Å². The van der Waals surface area contributed by atoms with E-state index >= 15 is 0 Å². The lowest BCUT2D eigenvalue weighted by molar-refractivity contribution is -0.129. The number of hydrogen-bond donors (Lipinski definition) is 1. The van der Waals surface area contributed by atoms with Crippen molar-refractivity contribution in [1.82, 2.24) is 4.90 Å². The number of nitrogens with zero attached hydrogens (tertiary/aromatic N) is 2. The summed E-state index contributed by atoms with van der Waals surface area (Å²) >= 11 is 6.51. The van der Waals surface area contributed by atoms with Gasteiger partial charge in [0.1, 0.15) is 11.5 Å². The molecule has 4 rings (SSSR count). The van der Waals surface area contributed by atoms with Gasteiger partial charge in [0, 0.05) is 17.6 Å². The average Bonchev–Trinajstić information content (AvgIpc) is 3.03. The van der Waals surface area contributed by atoms with Gasteiger partial charge in [-0.3, -0.25) is 9.69 Å². The van der Waals surface area contributed by atoms with E-state index in [-0.39, 0.29) is 17.6 Å². The Morgan fingerprint density at radius 2 is 1.71 bits per heavy atom. The molecule has 3 aromatic carbocycles. The number of carbonyl (C=O) groups is 1. The zero-order valence-corrected chi connectivity index (χ0v) is 20.2. The highest BCUT2D eigenvalue weighted by molar-refractivity contribution is 7.86. The first-order valence-corrected chi connectivity index (χ1v) is 12.3. The molecule has 34 heavy (non-hydrogen) atoms. The van der Waals surface area contributed by atoms with Crippen LogP contribution in [0.2, 0.25) is 5.02 Å². The molecule has 0 radical (unpaired) electrons. The van der Waals surface area contributed by atoms with Gasteiger partial charge in [0.25, 0.3) is 5.91 Å². The van der Waals surface area contributed by atoms with E-state index in [0.29, 0.717) is 21.9 Å². The minimum absolute atomic E-state index is 0.0419. The molecule has 0 saturated heterocycles. The van der Waals surface area contributed by atoms with E-state index in [9.17, 15) is 13.2 Å². The molecule has 1 amide bonds. The fourth-order valence-electron chi connectivity index (χ4n) is 3.95. The van der Waals surface area contributed by atoms with Gasteiger partial charge in [-0.1, -0.05) is 41.9 Å². The lowest BCUT2D eigenvalue weighted by Crippen LogP contribution is -2.41. The molecule has 1 aliphatic heterocycles. The van der Waals surface area contributed by atoms with Crippen LogP contribution in [0.3, 0.4) is 0 Å². The topological polar surface area (TPSA) is 111 Å². The number of halogens is 1. The van der Waals surface area contributed by atoms with E-state index in [0.717, 1.165) is 17.4 Å². The molecular formula is C24H22ClN3O5S. The number of nitrogens with two attached hydrogens (primary N) is 1. The maximum atomic E-state index is 13.6. The van der Waals surface area contributed by atoms with Crippen LogP contribution in [0.5, 0.6) is 11.5 Å². The van der Waals surface area contributed by atoms with Gasteiger partial charge in [-0.25, -0.2) is 4.99 Å². The number of para-hydroxylation sites is 1. The molecule has 3 aromatic rings. The number of methoxy groups -OCH3 is 1. The van der Waals surface area contributed by atoms with Crippen LogP contribution in [0, 0.1) is 0 Å². The largest absolute Gasteiger partial charge is 0.496 e. The zero-order chi connectivity index (χ0) is 24.7. The minimum Gasteiger partial charge on any atom is -0.496 e. The highest BCUT2D eigenvalue weighted by atomic mass is 35.5.